The maximum Gasteiger partial charge on any atom is 0.450 e. The first-order chi connectivity index (χ1) is 4.76. The van der Waals surface area contributed by atoms with Gasteiger partial charge in [-0.2, -0.15) is 13.2 Å². The van der Waals surface area contributed by atoms with Gasteiger partial charge in [-0.3, -0.25) is 9.59 Å². The highest BCUT2D eigenvalue weighted by atomic mass is 35.5. The van der Waals surface area contributed by atoms with Gasteiger partial charge in [-0.15, -0.1) is 0 Å². The van der Waals surface area contributed by atoms with Crippen molar-refractivity contribution in [1.82, 2.24) is 0 Å². The van der Waals surface area contributed by atoms with Crippen LogP contribution in [0.15, 0.2) is 0 Å². The second-order valence-electron chi connectivity index (χ2n) is 1.89. The summed E-state index contributed by atoms with van der Waals surface area (Å²) >= 11 is 4.67. The van der Waals surface area contributed by atoms with E-state index in [1.807, 2.05) is 0 Å². The number of rotatable bonds is 2. The molecule has 1 atom stereocenters. The van der Waals surface area contributed by atoms with Gasteiger partial charge in [-0.25, -0.2) is 0 Å². The Morgan fingerprint density at radius 2 is 1.73 bits per heavy atom. The quantitative estimate of drug-likeness (QED) is 0.486. The van der Waals surface area contributed by atoms with Gasteiger partial charge >= 0.3 is 6.18 Å². The molecule has 0 heterocycles. The van der Waals surface area contributed by atoms with Gasteiger partial charge in [0.15, 0.2) is 0 Å². The third-order valence-corrected chi connectivity index (χ3v) is 1.34. The van der Waals surface area contributed by atoms with Gasteiger partial charge in [0.05, 0.1) is 5.92 Å². The molecule has 0 N–H and O–H groups in total. The minimum atomic E-state index is -4.98. The molecule has 0 saturated carbocycles. The molecule has 64 valence electrons. The zero-order valence-corrected chi connectivity index (χ0v) is 6.16. The lowest BCUT2D eigenvalue weighted by atomic mass is 10.1. The molecule has 0 aliphatic carbocycles. The third kappa shape index (κ3) is 2.88. The molecule has 0 spiro atoms. The van der Waals surface area contributed by atoms with Gasteiger partial charge in [0.2, 0.25) is 11.0 Å². The predicted octanol–water partition coefficient (Wildman–Crippen LogP) is 1.52. The van der Waals surface area contributed by atoms with Crippen molar-refractivity contribution in [2.24, 2.45) is 5.92 Å². The van der Waals surface area contributed by atoms with Crippen LogP contribution in [0.3, 0.4) is 0 Å². The lowest BCUT2D eigenvalue weighted by Crippen LogP contribution is -2.31. The SMILES string of the molecule is CC(C(=O)Cl)C(=O)C(F)(F)F. The molecule has 0 rings (SSSR count). The van der Waals surface area contributed by atoms with E-state index in [1.165, 1.54) is 0 Å². The topological polar surface area (TPSA) is 34.1 Å². The van der Waals surface area contributed by atoms with Crippen LogP contribution in [0, 0.1) is 5.92 Å². The fraction of sp³-hybridized carbons (Fsp3) is 0.600. The Hall–Kier alpha value is -0.580. The molecule has 0 saturated heterocycles. The van der Waals surface area contributed by atoms with Crippen LogP contribution in [-0.2, 0) is 9.59 Å². The van der Waals surface area contributed by atoms with Crippen LogP contribution in [0.5, 0.6) is 0 Å². The van der Waals surface area contributed by atoms with Crippen molar-refractivity contribution in [3.8, 4) is 0 Å². The Balaban J connectivity index is 4.39. The summed E-state index contributed by atoms with van der Waals surface area (Å²) in [6.45, 7) is 0.811. The normalized spacial score (nSPS) is 14.3. The summed E-state index contributed by atoms with van der Waals surface area (Å²) in [5, 5.41) is -1.30. The van der Waals surface area contributed by atoms with Crippen molar-refractivity contribution < 1.29 is 22.8 Å². The van der Waals surface area contributed by atoms with E-state index in [0.29, 0.717) is 0 Å². The number of hydrogen-bond donors (Lipinski definition) is 0. The standard InChI is InChI=1S/C5H4ClF3O2/c1-2(4(6)11)3(10)5(7,8)9/h2H,1H3. The van der Waals surface area contributed by atoms with Gasteiger partial charge in [0.1, 0.15) is 0 Å². The molecule has 0 aromatic heterocycles. The second-order valence-corrected chi connectivity index (χ2v) is 2.26. The summed E-state index contributed by atoms with van der Waals surface area (Å²) in [7, 11) is 0. The molecular formula is C5H4ClF3O2. The Bertz CT molecular complexity index is 187. The molecule has 0 aliphatic heterocycles. The maximum atomic E-state index is 11.5. The number of halogens is 4. The van der Waals surface area contributed by atoms with Crippen molar-refractivity contribution in [2.45, 2.75) is 13.1 Å². The lowest BCUT2D eigenvalue weighted by molar-refractivity contribution is -0.175. The summed E-state index contributed by atoms with van der Waals surface area (Å²) in [6, 6.07) is 0. The Labute approximate surface area is 65.3 Å². The van der Waals surface area contributed by atoms with Crippen molar-refractivity contribution >= 4 is 22.6 Å². The average Bonchev–Trinajstić information content (AvgIpc) is 1.82. The van der Waals surface area contributed by atoms with Crippen molar-refractivity contribution in [3.05, 3.63) is 0 Å². The van der Waals surface area contributed by atoms with Crippen LogP contribution < -0.4 is 0 Å². The minimum absolute atomic E-state index is 0.811. The Morgan fingerprint density at radius 3 is 1.82 bits per heavy atom. The average molecular weight is 189 g/mol. The fourth-order valence-corrected chi connectivity index (χ4v) is 0.448. The van der Waals surface area contributed by atoms with E-state index < -0.39 is 23.1 Å². The Morgan fingerprint density at radius 1 is 1.36 bits per heavy atom. The number of hydrogen-bond acceptors (Lipinski definition) is 2. The van der Waals surface area contributed by atoms with Crippen LogP contribution in [0.2, 0.25) is 0 Å². The van der Waals surface area contributed by atoms with Crippen LogP contribution in [0.4, 0.5) is 13.2 Å². The fourth-order valence-electron chi connectivity index (χ4n) is 0.349. The van der Waals surface area contributed by atoms with Gasteiger partial charge < -0.3 is 0 Å². The highest BCUT2D eigenvalue weighted by Crippen LogP contribution is 2.21. The number of carbonyl (C=O) groups is 2. The molecule has 2 nitrogen and oxygen atoms in total. The molecule has 0 radical (unpaired) electrons. The Kier molecular flexibility index (Phi) is 3.04. The number of alkyl halides is 3. The smallest absolute Gasteiger partial charge is 0.289 e. The molecule has 0 bridgehead atoms. The van der Waals surface area contributed by atoms with E-state index in [0.717, 1.165) is 6.92 Å². The number of ketones is 1. The van der Waals surface area contributed by atoms with Crippen LogP contribution in [0.1, 0.15) is 6.92 Å². The summed E-state index contributed by atoms with van der Waals surface area (Å²) in [5.41, 5.74) is 0. The van der Waals surface area contributed by atoms with E-state index in [-0.39, 0.29) is 0 Å². The third-order valence-electron chi connectivity index (χ3n) is 1.01. The molecular weight excluding hydrogens is 184 g/mol. The largest absolute Gasteiger partial charge is 0.450 e. The predicted molar refractivity (Wildman–Crippen MR) is 31.1 cm³/mol. The minimum Gasteiger partial charge on any atom is -0.289 e. The van der Waals surface area contributed by atoms with Crippen molar-refractivity contribution in [1.29, 1.82) is 0 Å². The van der Waals surface area contributed by atoms with Crippen molar-refractivity contribution in [2.75, 3.05) is 0 Å². The van der Waals surface area contributed by atoms with E-state index in [4.69, 9.17) is 0 Å². The molecule has 6 heteroatoms. The first kappa shape index (κ1) is 10.4. The number of carbonyl (C=O) groups excluding carboxylic acids is 2. The molecule has 0 fully saturated rings. The summed E-state index contributed by atoms with van der Waals surface area (Å²) in [6.07, 6.45) is -4.98. The molecule has 1 unspecified atom stereocenters. The zero-order chi connectivity index (χ0) is 9.23. The van der Waals surface area contributed by atoms with Gasteiger partial charge in [0.25, 0.3) is 0 Å². The molecule has 0 aromatic rings. The summed E-state index contributed by atoms with van der Waals surface area (Å²) < 4.78 is 34.5. The lowest BCUT2D eigenvalue weighted by Gasteiger charge is -2.07. The highest BCUT2D eigenvalue weighted by Gasteiger charge is 2.43. The van der Waals surface area contributed by atoms with Crippen LogP contribution in [-0.4, -0.2) is 17.2 Å². The van der Waals surface area contributed by atoms with Gasteiger partial charge in [-0.05, 0) is 18.5 Å². The first-order valence-electron chi connectivity index (χ1n) is 2.57. The van der Waals surface area contributed by atoms with Crippen molar-refractivity contribution in [3.63, 3.8) is 0 Å². The first-order valence-corrected chi connectivity index (χ1v) is 2.95. The van der Waals surface area contributed by atoms with Gasteiger partial charge in [0, 0.05) is 0 Å². The maximum absolute atomic E-state index is 11.5. The summed E-state index contributed by atoms with van der Waals surface area (Å²) in [5.74, 6) is -3.92. The summed E-state index contributed by atoms with van der Waals surface area (Å²) in [4.78, 5) is 20.3. The zero-order valence-electron chi connectivity index (χ0n) is 5.41. The van der Waals surface area contributed by atoms with Crippen LogP contribution >= 0.6 is 11.6 Å². The second kappa shape index (κ2) is 3.21. The number of Topliss-reactive ketones (excluding diaryl/α,β-unsaturated/α-hetero) is 1. The molecule has 0 aliphatic rings. The van der Waals surface area contributed by atoms with Crippen LogP contribution in [0.25, 0.3) is 0 Å². The monoisotopic (exact) mass is 188 g/mol. The van der Waals surface area contributed by atoms with Gasteiger partial charge in [-0.1, -0.05) is 0 Å². The van der Waals surface area contributed by atoms with E-state index in [9.17, 15) is 22.8 Å². The molecule has 0 amide bonds. The van der Waals surface area contributed by atoms with E-state index in [1.54, 1.807) is 0 Å². The highest BCUT2D eigenvalue weighted by molar-refractivity contribution is 6.65. The molecule has 0 aromatic carbocycles. The van der Waals surface area contributed by atoms with E-state index >= 15 is 0 Å². The molecule has 11 heavy (non-hydrogen) atoms. The van der Waals surface area contributed by atoms with E-state index in [2.05, 4.69) is 11.6 Å².